The molecular weight excluding hydrogens is 428 g/mol. The van der Waals surface area contributed by atoms with Crippen molar-refractivity contribution >= 4 is 17.3 Å². The second-order valence-corrected chi connectivity index (χ2v) is 7.18. The number of hydrogen-bond donors (Lipinski definition) is 1. The number of anilines is 2. The predicted molar refractivity (Wildman–Crippen MR) is 122 cm³/mol. The van der Waals surface area contributed by atoms with Gasteiger partial charge in [-0.1, -0.05) is 6.07 Å². The summed E-state index contributed by atoms with van der Waals surface area (Å²) in [7, 11) is 4.52. The Balaban J connectivity index is 1.47. The second-order valence-electron chi connectivity index (χ2n) is 7.18. The van der Waals surface area contributed by atoms with E-state index in [1.54, 1.807) is 24.3 Å². The Kier molecular flexibility index (Phi) is 6.89. The minimum atomic E-state index is -0.478. The van der Waals surface area contributed by atoms with E-state index in [0.717, 1.165) is 18.8 Å². The van der Waals surface area contributed by atoms with Crippen molar-refractivity contribution in [2.45, 2.75) is 0 Å². The monoisotopic (exact) mass is 454 g/mol. The highest BCUT2D eigenvalue weighted by molar-refractivity contribution is 6.04. The Labute approximate surface area is 191 Å². The van der Waals surface area contributed by atoms with Crippen LogP contribution in [-0.4, -0.2) is 53.5 Å². The average Bonchev–Trinajstić information content (AvgIpc) is 3.33. The van der Waals surface area contributed by atoms with Gasteiger partial charge in [-0.2, -0.15) is 0 Å². The zero-order valence-corrected chi connectivity index (χ0v) is 18.8. The van der Waals surface area contributed by atoms with E-state index in [0.29, 0.717) is 41.9 Å². The fourth-order valence-corrected chi connectivity index (χ4v) is 3.48. The third-order valence-electron chi connectivity index (χ3n) is 5.17. The van der Waals surface area contributed by atoms with Crippen LogP contribution in [0.1, 0.15) is 10.6 Å². The molecule has 0 radical (unpaired) electrons. The van der Waals surface area contributed by atoms with Crippen molar-refractivity contribution in [1.29, 1.82) is 0 Å². The van der Waals surface area contributed by atoms with Crippen LogP contribution >= 0.6 is 0 Å². The van der Waals surface area contributed by atoms with E-state index in [1.807, 2.05) is 24.3 Å². The van der Waals surface area contributed by atoms with Gasteiger partial charge in [0.1, 0.15) is 28.7 Å². The number of morpholine rings is 1. The molecule has 1 N–H and O–H groups in total. The van der Waals surface area contributed by atoms with Crippen LogP contribution in [0.4, 0.5) is 11.4 Å². The van der Waals surface area contributed by atoms with Crippen LogP contribution in [0.2, 0.25) is 0 Å². The summed E-state index contributed by atoms with van der Waals surface area (Å²) >= 11 is 0. The van der Waals surface area contributed by atoms with Crippen LogP contribution in [0.3, 0.4) is 0 Å². The number of ether oxygens (including phenoxy) is 5. The molecule has 0 saturated carbocycles. The van der Waals surface area contributed by atoms with Crippen LogP contribution in [0.5, 0.6) is 28.9 Å². The summed E-state index contributed by atoms with van der Waals surface area (Å²) in [5.41, 5.74) is 1.40. The summed E-state index contributed by atoms with van der Waals surface area (Å²) in [6, 6.07) is 14.1. The fraction of sp³-hybridized carbons (Fsp3) is 0.292. The molecule has 1 amide bonds. The zero-order valence-electron chi connectivity index (χ0n) is 18.8. The molecule has 0 aliphatic carbocycles. The molecule has 1 aliphatic rings. The first-order valence-electron chi connectivity index (χ1n) is 10.4. The van der Waals surface area contributed by atoms with Gasteiger partial charge in [0.25, 0.3) is 11.9 Å². The lowest BCUT2D eigenvalue weighted by atomic mass is 10.2. The summed E-state index contributed by atoms with van der Waals surface area (Å²) in [5, 5.41) is 2.77. The molecule has 174 valence electrons. The predicted octanol–water partition coefficient (Wildman–Crippen LogP) is 4.19. The Morgan fingerprint density at radius 1 is 0.909 bits per heavy atom. The molecule has 1 aliphatic heterocycles. The lowest BCUT2D eigenvalue weighted by Gasteiger charge is -2.28. The molecule has 4 rings (SSSR count). The highest BCUT2D eigenvalue weighted by atomic mass is 16.6. The van der Waals surface area contributed by atoms with Crippen LogP contribution < -0.4 is 29.2 Å². The number of nitrogens with one attached hydrogen (secondary N) is 1. The quantitative estimate of drug-likeness (QED) is 0.542. The van der Waals surface area contributed by atoms with Gasteiger partial charge < -0.3 is 38.3 Å². The molecule has 2 heterocycles. The topological polar surface area (TPSA) is 91.6 Å². The van der Waals surface area contributed by atoms with E-state index in [4.69, 9.17) is 28.1 Å². The molecule has 0 spiro atoms. The SMILES string of the molecule is COc1cc(OC)c(NC(=O)c2ccc(Oc3cccc(N4CCOCC4)c3)o2)c(OC)c1. The molecule has 0 bridgehead atoms. The minimum absolute atomic E-state index is 0.0780. The van der Waals surface area contributed by atoms with Gasteiger partial charge in [0.05, 0.1) is 34.5 Å². The van der Waals surface area contributed by atoms with E-state index in [2.05, 4.69) is 10.2 Å². The first-order valence-corrected chi connectivity index (χ1v) is 10.4. The number of rotatable bonds is 8. The maximum Gasteiger partial charge on any atom is 0.291 e. The molecule has 1 fully saturated rings. The number of nitrogens with zero attached hydrogens (tertiary/aromatic N) is 1. The molecule has 0 unspecified atom stereocenters. The van der Waals surface area contributed by atoms with Crippen molar-refractivity contribution in [2.24, 2.45) is 0 Å². The first kappa shape index (κ1) is 22.3. The first-order chi connectivity index (χ1) is 16.1. The molecule has 3 aromatic rings. The Hall–Kier alpha value is -3.85. The Morgan fingerprint density at radius 2 is 1.64 bits per heavy atom. The highest BCUT2D eigenvalue weighted by Gasteiger charge is 2.20. The molecule has 33 heavy (non-hydrogen) atoms. The Bertz CT molecular complexity index is 1080. The maximum absolute atomic E-state index is 12.8. The summed E-state index contributed by atoms with van der Waals surface area (Å²) in [6.07, 6.45) is 0. The summed E-state index contributed by atoms with van der Waals surface area (Å²) < 4.78 is 32.8. The maximum atomic E-state index is 12.8. The molecular formula is C24H26N2O7. The van der Waals surface area contributed by atoms with Crippen molar-refractivity contribution in [1.82, 2.24) is 0 Å². The van der Waals surface area contributed by atoms with Gasteiger partial charge in [-0.25, -0.2) is 0 Å². The van der Waals surface area contributed by atoms with Crippen molar-refractivity contribution in [3.8, 4) is 28.9 Å². The highest BCUT2D eigenvalue weighted by Crippen LogP contribution is 2.39. The van der Waals surface area contributed by atoms with Crippen LogP contribution in [-0.2, 0) is 4.74 Å². The Morgan fingerprint density at radius 3 is 2.30 bits per heavy atom. The summed E-state index contributed by atoms with van der Waals surface area (Å²) in [5.74, 6) is 1.73. The molecule has 2 aromatic carbocycles. The average molecular weight is 454 g/mol. The molecule has 9 heteroatoms. The number of benzene rings is 2. The second kappa shape index (κ2) is 10.2. The molecule has 9 nitrogen and oxygen atoms in total. The zero-order chi connectivity index (χ0) is 23.2. The summed E-state index contributed by atoms with van der Waals surface area (Å²) in [6.45, 7) is 3.05. The van der Waals surface area contributed by atoms with Crippen LogP contribution in [0.25, 0.3) is 0 Å². The normalized spacial score (nSPS) is 13.4. The van der Waals surface area contributed by atoms with Crippen molar-refractivity contribution in [2.75, 3.05) is 57.8 Å². The summed E-state index contributed by atoms with van der Waals surface area (Å²) in [4.78, 5) is 15.0. The lowest BCUT2D eigenvalue weighted by molar-refractivity contribution is 0.0991. The van der Waals surface area contributed by atoms with Crippen LogP contribution in [0, 0.1) is 0 Å². The van der Waals surface area contributed by atoms with E-state index in [1.165, 1.54) is 21.3 Å². The third kappa shape index (κ3) is 5.15. The molecule has 0 atom stereocenters. The van der Waals surface area contributed by atoms with Gasteiger partial charge in [-0.05, 0) is 18.2 Å². The lowest BCUT2D eigenvalue weighted by Crippen LogP contribution is -2.36. The molecule has 1 saturated heterocycles. The number of methoxy groups -OCH3 is 3. The van der Waals surface area contributed by atoms with Gasteiger partial charge in [-0.3, -0.25) is 4.79 Å². The molecule has 1 aromatic heterocycles. The number of carbonyl (C=O) groups excluding carboxylic acids is 1. The van der Waals surface area contributed by atoms with E-state index in [-0.39, 0.29) is 11.7 Å². The van der Waals surface area contributed by atoms with Gasteiger partial charge >= 0.3 is 0 Å². The van der Waals surface area contributed by atoms with Crippen molar-refractivity contribution < 1.29 is 32.9 Å². The van der Waals surface area contributed by atoms with Crippen molar-refractivity contribution in [3.05, 3.63) is 54.3 Å². The smallest absolute Gasteiger partial charge is 0.291 e. The number of carbonyl (C=O) groups is 1. The van der Waals surface area contributed by atoms with E-state index in [9.17, 15) is 4.79 Å². The van der Waals surface area contributed by atoms with E-state index < -0.39 is 5.91 Å². The van der Waals surface area contributed by atoms with Gasteiger partial charge in [0.15, 0.2) is 5.76 Å². The largest absolute Gasteiger partial charge is 0.496 e. The standard InChI is InChI=1S/C24H26N2O7/c1-28-18-14-20(29-2)23(21(15-18)30-3)25-24(27)19-7-8-22(33-19)32-17-6-4-5-16(13-17)26-9-11-31-12-10-26/h4-8,13-15H,9-12H2,1-3H3,(H,25,27). The fourth-order valence-electron chi connectivity index (χ4n) is 3.48. The van der Waals surface area contributed by atoms with Gasteiger partial charge in [0.2, 0.25) is 0 Å². The van der Waals surface area contributed by atoms with Gasteiger partial charge in [-0.15, -0.1) is 0 Å². The minimum Gasteiger partial charge on any atom is -0.496 e. The third-order valence-corrected chi connectivity index (χ3v) is 5.17. The number of furan rings is 1. The van der Waals surface area contributed by atoms with Crippen LogP contribution in [0.15, 0.2) is 52.9 Å². The van der Waals surface area contributed by atoms with Crippen molar-refractivity contribution in [3.63, 3.8) is 0 Å². The number of amides is 1. The van der Waals surface area contributed by atoms with Gasteiger partial charge in [0, 0.05) is 43.0 Å². The number of hydrogen-bond acceptors (Lipinski definition) is 8. The van der Waals surface area contributed by atoms with E-state index >= 15 is 0 Å².